The molecule has 1 aliphatic heterocycles. The number of carbonyl (C=O) groups is 1. The molecule has 200 valence electrons. The van der Waals surface area contributed by atoms with Crippen molar-refractivity contribution in [2.24, 2.45) is 0 Å². The minimum Gasteiger partial charge on any atom is -0.379 e. The van der Waals surface area contributed by atoms with Crippen molar-refractivity contribution in [1.29, 1.82) is 5.26 Å². The third-order valence-corrected chi connectivity index (χ3v) is 9.93. The van der Waals surface area contributed by atoms with Crippen LogP contribution in [0.3, 0.4) is 0 Å². The van der Waals surface area contributed by atoms with E-state index < -0.39 is 13.4 Å². The quantitative estimate of drug-likeness (QED) is 0.312. The molecule has 2 N–H and O–H groups in total. The molecule has 0 radical (unpaired) electrons. The smallest absolute Gasteiger partial charge is 0.272 e. The van der Waals surface area contributed by atoms with E-state index >= 15 is 4.57 Å². The lowest BCUT2D eigenvalue weighted by Crippen LogP contribution is -2.40. The zero-order valence-corrected chi connectivity index (χ0v) is 24.0. The van der Waals surface area contributed by atoms with Crippen molar-refractivity contribution in [3.63, 3.8) is 0 Å². The van der Waals surface area contributed by atoms with Gasteiger partial charge in [-0.05, 0) is 49.7 Å². The van der Waals surface area contributed by atoms with E-state index in [2.05, 4.69) is 21.6 Å². The number of hydrogen-bond donors (Lipinski definition) is 2. The number of halogens is 3. The fourth-order valence-electron chi connectivity index (χ4n) is 4.17. The van der Waals surface area contributed by atoms with E-state index in [9.17, 15) is 10.1 Å². The van der Waals surface area contributed by atoms with Gasteiger partial charge in [-0.3, -0.25) is 9.36 Å². The topological polar surface area (TPSA) is 112 Å². The number of hydrogen-bond acceptors (Lipinski definition) is 5. The number of nitrogens with zero attached hydrogens (tertiary/aromatic N) is 4. The van der Waals surface area contributed by atoms with Crippen molar-refractivity contribution in [2.45, 2.75) is 26.8 Å². The fraction of sp³-hybridized carbons (Fsp3) is 0.320. The summed E-state index contributed by atoms with van der Waals surface area (Å²) >= 11 is 18.7. The molecule has 1 atom stereocenters. The molecular formula is C25H26Cl3N6O3P. The van der Waals surface area contributed by atoms with Gasteiger partial charge in [0.2, 0.25) is 0 Å². The maximum atomic E-state index is 15.1. The van der Waals surface area contributed by atoms with Crippen LogP contribution in [0.5, 0.6) is 0 Å². The Kier molecular flexibility index (Phi) is 9.04. The number of anilines is 2. The first-order chi connectivity index (χ1) is 18.1. The van der Waals surface area contributed by atoms with Gasteiger partial charge < -0.3 is 15.1 Å². The highest BCUT2D eigenvalue weighted by atomic mass is 35.5. The van der Waals surface area contributed by atoms with Crippen LogP contribution < -0.4 is 15.7 Å². The van der Waals surface area contributed by atoms with E-state index in [-0.39, 0.29) is 29.4 Å². The molecule has 13 heteroatoms. The standard InChI is InChI=1S/C25H26Cl3N6O3P/c1-16-4-6-19(15-21(16)27)32-38(36,33-10-12-37-13-11-33)23-17(2)31-34(9-3-8-29)24(23)30-25(35)20-7-5-18(26)14-22(20)28/h4-7,14-15H,3,9-13H2,1-2H3,(H,30,35)(H,32,36). The Labute approximate surface area is 236 Å². The number of rotatable bonds is 8. The van der Waals surface area contributed by atoms with Crippen LogP contribution in [0.15, 0.2) is 36.4 Å². The summed E-state index contributed by atoms with van der Waals surface area (Å²) < 4.78 is 23.9. The third kappa shape index (κ3) is 6.02. The average Bonchev–Trinajstić information content (AvgIpc) is 3.20. The first-order valence-corrected chi connectivity index (χ1v) is 14.6. The van der Waals surface area contributed by atoms with Crippen LogP contribution in [-0.4, -0.2) is 46.7 Å². The van der Waals surface area contributed by atoms with Crippen LogP contribution >= 0.6 is 42.2 Å². The Morgan fingerprint density at radius 1 is 1.13 bits per heavy atom. The number of aryl methyl sites for hydroxylation is 3. The molecule has 1 saturated heterocycles. The van der Waals surface area contributed by atoms with E-state index in [0.29, 0.717) is 53.0 Å². The molecule has 2 aromatic carbocycles. The van der Waals surface area contributed by atoms with Crippen molar-refractivity contribution < 1.29 is 14.1 Å². The van der Waals surface area contributed by atoms with Crippen molar-refractivity contribution in [3.05, 3.63) is 68.3 Å². The second-order valence-electron chi connectivity index (χ2n) is 8.71. The van der Waals surface area contributed by atoms with Crippen molar-refractivity contribution in [2.75, 3.05) is 36.7 Å². The van der Waals surface area contributed by atoms with Gasteiger partial charge in [0.15, 0.2) is 0 Å². The second kappa shape index (κ2) is 12.1. The number of benzene rings is 2. The van der Waals surface area contributed by atoms with E-state index in [1.54, 1.807) is 25.1 Å². The van der Waals surface area contributed by atoms with Gasteiger partial charge in [-0.1, -0.05) is 40.9 Å². The lowest BCUT2D eigenvalue weighted by atomic mass is 10.2. The number of morpholine rings is 1. The maximum Gasteiger partial charge on any atom is 0.272 e. The summed E-state index contributed by atoms with van der Waals surface area (Å²) in [4.78, 5) is 13.4. The monoisotopic (exact) mass is 594 g/mol. The molecule has 1 aromatic heterocycles. The van der Waals surface area contributed by atoms with Crippen LogP contribution in [0.2, 0.25) is 15.1 Å². The predicted octanol–water partition coefficient (Wildman–Crippen LogP) is 5.89. The molecule has 1 fully saturated rings. The molecule has 0 aliphatic carbocycles. The molecule has 0 spiro atoms. The Hall–Kier alpha value is -2.57. The summed E-state index contributed by atoms with van der Waals surface area (Å²) in [6.07, 6.45) is 0.133. The first-order valence-electron chi connectivity index (χ1n) is 11.8. The molecular weight excluding hydrogens is 570 g/mol. The van der Waals surface area contributed by atoms with Gasteiger partial charge in [0, 0.05) is 28.8 Å². The molecule has 9 nitrogen and oxygen atoms in total. The van der Waals surface area contributed by atoms with Gasteiger partial charge in [-0.2, -0.15) is 10.4 Å². The minimum atomic E-state index is -3.65. The minimum absolute atomic E-state index is 0.133. The first kappa shape index (κ1) is 28.4. The second-order valence-corrected chi connectivity index (χ2v) is 12.3. The van der Waals surface area contributed by atoms with E-state index in [1.807, 2.05) is 17.7 Å². The largest absolute Gasteiger partial charge is 0.379 e. The molecule has 4 rings (SSSR count). The Morgan fingerprint density at radius 2 is 1.87 bits per heavy atom. The molecule has 0 bridgehead atoms. The maximum absolute atomic E-state index is 15.1. The zero-order valence-electron chi connectivity index (χ0n) is 20.8. The van der Waals surface area contributed by atoms with Crippen molar-refractivity contribution in [1.82, 2.24) is 14.5 Å². The van der Waals surface area contributed by atoms with E-state index in [4.69, 9.17) is 39.5 Å². The summed E-state index contributed by atoms with van der Waals surface area (Å²) in [7, 11) is -3.65. The number of carbonyl (C=O) groups excluding carboxylic acids is 1. The number of aromatic nitrogens is 2. The van der Waals surface area contributed by atoms with E-state index in [0.717, 1.165) is 5.56 Å². The number of ether oxygens (including phenoxy) is 1. The lowest BCUT2D eigenvalue weighted by molar-refractivity contribution is 0.0729. The molecule has 0 saturated carbocycles. The highest BCUT2D eigenvalue weighted by Gasteiger charge is 2.40. The van der Waals surface area contributed by atoms with Crippen LogP contribution in [0.1, 0.15) is 28.0 Å². The Balaban J connectivity index is 1.85. The third-order valence-electron chi connectivity index (χ3n) is 6.08. The van der Waals surface area contributed by atoms with Crippen molar-refractivity contribution >= 4 is 65.0 Å². The average molecular weight is 596 g/mol. The van der Waals surface area contributed by atoms with Crippen molar-refractivity contribution in [3.8, 4) is 6.07 Å². The molecule has 3 aromatic rings. The van der Waals surface area contributed by atoms with Crippen LogP contribution in [0.25, 0.3) is 0 Å². The normalized spacial score (nSPS) is 15.5. The number of nitrogens with one attached hydrogen (secondary N) is 2. The number of amides is 1. The molecule has 38 heavy (non-hydrogen) atoms. The van der Waals surface area contributed by atoms with Gasteiger partial charge in [0.05, 0.1) is 48.5 Å². The van der Waals surface area contributed by atoms with Gasteiger partial charge in [0.25, 0.3) is 13.4 Å². The predicted molar refractivity (Wildman–Crippen MR) is 151 cm³/mol. The van der Waals surface area contributed by atoms with Gasteiger partial charge >= 0.3 is 0 Å². The Morgan fingerprint density at radius 3 is 2.53 bits per heavy atom. The zero-order chi connectivity index (χ0) is 27.4. The Bertz CT molecular complexity index is 1450. The summed E-state index contributed by atoms with van der Waals surface area (Å²) in [5.41, 5.74) is 2.07. The highest BCUT2D eigenvalue weighted by molar-refractivity contribution is 7.71. The van der Waals surface area contributed by atoms with Crippen LogP contribution in [-0.2, 0) is 15.8 Å². The van der Waals surface area contributed by atoms with Gasteiger partial charge in [0.1, 0.15) is 11.1 Å². The molecule has 1 unspecified atom stereocenters. The summed E-state index contributed by atoms with van der Waals surface area (Å²) in [5.74, 6) is -0.313. The summed E-state index contributed by atoms with van der Waals surface area (Å²) in [6.45, 7) is 5.35. The molecule has 2 heterocycles. The van der Waals surface area contributed by atoms with Gasteiger partial charge in [-0.25, -0.2) is 9.35 Å². The fourth-order valence-corrected chi connectivity index (χ4v) is 7.53. The lowest BCUT2D eigenvalue weighted by Gasteiger charge is -2.35. The SMILES string of the molecule is Cc1ccc(NP(=O)(c2c(C)nn(CCC#N)c2NC(=O)c2ccc(Cl)cc2Cl)N2CCOCC2)cc1Cl. The molecule has 1 aliphatic rings. The van der Waals surface area contributed by atoms with Crippen LogP contribution in [0, 0.1) is 25.2 Å². The van der Waals surface area contributed by atoms with Crippen LogP contribution in [0.4, 0.5) is 11.5 Å². The number of nitriles is 1. The summed E-state index contributed by atoms with van der Waals surface area (Å²) in [6, 6.07) is 12.0. The summed E-state index contributed by atoms with van der Waals surface area (Å²) in [5, 5.41) is 21.3. The highest BCUT2D eigenvalue weighted by Crippen LogP contribution is 2.51. The van der Waals surface area contributed by atoms with E-state index in [1.165, 1.54) is 16.8 Å². The molecule has 1 amide bonds. The van der Waals surface area contributed by atoms with Gasteiger partial charge in [-0.15, -0.1) is 0 Å².